The second-order valence-corrected chi connectivity index (χ2v) is 33.2. The summed E-state index contributed by atoms with van der Waals surface area (Å²) in [5, 5.41) is 5.02. The van der Waals surface area contributed by atoms with Crippen LogP contribution >= 0.6 is 0 Å². The number of benzene rings is 13. The Balaban J connectivity index is 1.01. The summed E-state index contributed by atoms with van der Waals surface area (Å²) in [7, 11) is 0. The lowest BCUT2D eigenvalue weighted by molar-refractivity contribution is 0.590. The van der Waals surface area contributed by atoms with Crippen molar-refractivity contribution in [3.05, 3.63) is 326 Å². The molecule has 18 rings (SSSR count). The van der Waals surface area contributed by atoms with E-state index in [-0.39, 0.29) is 28.4 Å². The molecule has 0 fully saturated rings. The lowest BCUT2D eigenvalue weighted by Crippen LogP contribution is -2.61. The summed E-state index contributed by atoms with van der Waals surface area (Å²) < 4.78 is 5.09. The first kappa shape index (κ1) is 65.3. The Labute approximate surface area is 618 Å². The number of aromatic nitrogens is 3. The second-order valence-electron chi connectivity index (χ2n) is 33.2. The average Bonchev–Trinajstić information content (AvgIpc) is 1.14. The van der Waals surface area contributed by atoms with Gasteiger partial charge in [-0.25, -0.2) is 0 Å². The first-order valence-electron chi connectivity index (χ1n) is 37.3. The van der Waals surface area contributed by atoms with E-state index in [4.69, 9.17) is 4.98 Å². The summed E-state index contributed by atoms with van der Waals surface area (Å²) in [5.74, 6) is 0. The number of rotatable bonds is 9. The van der Waals surface area contributed by atoms with Crippen molar-refractivity contribution in [2.45, 2.75) is 105 Å². The molecule has 2 aliphatic heterocycles. The Morgan fingerprint density at radius 3 is 0.876 bits per heavy atom. The molecule has 0 aliphatic carbocycles. The SMILES string of the molecule is CC(C)(C)c1ccc2c(c1)c1cc(C(C)(C)C)ccc1n2-c1ccc2c(c1)N(c1c(-c3ccccc3)cccc1-c1ccccc1)c1cc(-c3cccnc3)cc3c1B2c1ccc(-n2c4ccc(C(C)(C)C)cc4c4cc(C(C)(C)C)ccc42)cc1N3c1c(-c2ccccc2)cccc1-c1ccccc1. The van der Waals surface area contributed by atoms with E-state index in [2.05, 4.69) is 393 Å². The molecule has 0 amide bonds. The van der Waals surface area contributed by atoms with Crippen molar-refractivity contribution in [2.24, 2.45) is 0 Å². The van der Waals surface area contributed by atoms with Crippen LogP contribution in [0.5, 0.6) is 0 Å². The molecule has 0 saturated heterocycles. The fourth-order valence-electron chi connectivity index (χ4n) is 16.9. The van der Waals surface area contributed by atoms with Gasteiger partial charge in [0.25, 0.3) is 6.71 Å². The van der Waals surface area contributed by atoms with E-state index in [1.807, 2.05) is 12.4 Å². The van der Waals surface area contributed by atoms with Crippen LogP contribution in [0.1, 0.15) is 105 Å². The first-order valence-corrected chi connectivity index (χ1v) is 37.3. The zero-order valence-electron chi connectivity index (χ0n) is 62.2. The maximum atomic E-state index is 4.92. The van der Waals surface area contributed by atoms with E-state index in [1.165, 1.54) is 82.3 Å². The molecule has 0 bridgehead atoms. The monoisotopic (exact) mass is 1360 g/mol. The van der Waals surface area contributed by atoms with E-state index in [1.54, 1.807) is 0 Å². The Hall–Kier alpha value is -11.7. The van der Waals surface area contributed by atoms with Crippen LogP contribution in [0.25, 0.3) is 111 Å². The molecule has 5 heterocycles. The van der Waals surface area contributed by atoms with Crippen LogP contribution in [-0.2, 0) is 21.7 Å². The van der Waals surface area contributed by atoms with Crippen molar-refractivity contribution in [1.29, 1.82) is 0 Å². The topological polar surface area (TPSA) is 29.2 Å². The maximum Gasteiger partial charge on any atom is 0.252 e. The minimum Gasteiger partial charge on any atom is -0.310 e. The molecule has 5 nitrogen and oxygen atoms in total. The van der Waals surface area contributed by atoms with E-state index in [0.717, 1.165) is 101 Å². The van der Waals surface area contributed by atoms with Gasteiger partial charge in [-0.3, -0.25) is 4.98 Å². The summed E-state index contributed by atoms with van der Waals surface area (Å²) in [6.07, 6.45) is 3.94. The fourth-order valence-corrected chi connectivity index (χ4v) is 16.9. The van der Waals surface area contributed by atoms with Gasteiger partial charge in [-0.15, -0.1) is 0 Å². The third kappa shape index (κ3) is 10.9. The zero-order valence-corrected chi connectivity index (χ0v) is 62.2. The molecular weight excluding hydrogens is 1270 g/mol. The van der Waals surface area contributed by atoms with Crippen LogP contribution in [0, 0.1) is 0 Å². The molecule has 3 aromatic heterocycles. The number of para-hydroxylation sites is 2. The lowest BCUT2D eigenvalue weighted by atomic mass is 9.33. The number of fused-ring (bicyclic) bond motifs is 10. The van der Waals surface area contributed by atoms with Gasteiger partial charge in [0.1, 0.15) is 0 Å². The van der Waals surface area contributed by atoms with Gasteiger partial charge in [-0.05, 0) is 179 Å². The van der Waals surface area contributed by atoms with Crippen molar-refractivity contribution < 1.29 is 0 Å². The molecule has 0 radical (unpaired) electrons. The van der Waals surface area contributed by atoms with Crippen molar-refractivity contribution >= 4 is 101 Å². The molecule has 2 aliphatic rings. The largest absolute Gasteiger partial charge is 0.310 e. The Bertz CT molecular complexity index is 5510. The van der Waals surface area contributed by atoms with Gasteiger partial charge in [0.15, 0.2) is 0 Å². The van der Waals surface area contributed by atoms with Crippen molar-refractivity contribution in [1.82, 2.24) is 14.1 Å². The van der Waals surface area contributed by atoms with E-state index < -0.39 is 0 Å². The summed E-state index contributed by atoms with van der Waals surface area (Å²) in [6.45, 7) is 27.7. The van der Waals surface area contributed by atoms with E-state index >= 15 is 0 Å². The number of hydrogen-bond acceptors (Lipinski definition) is 3. The van der Waals surface area contributed by atoms with Crippen molar-refractivity contribution in [2.75, 3.05) is 9.80 Å². The van der Waals surface area contributed by atoms with Crippen LogP contribution in [0.4, 0.5) is 34.1 Å². The Morgan fingerprint density at radius 1 is 0.267 bits per heavy atom. The van der Waals surface area contributed by atoms with Gasteiger partial charge < -0.3 is 18.9 Å². The number of anilines is 6. The number of nitrogens with zero attached hydrogens (tertiary/aromatic N) is 5. The summed E-state index contributed by atoms with van der Waals surface area (Å²) in [4.78, 5) is 10.3. The van der Waals surface area contributed by atoms with Gasteiger partial charge >= 0.3 is 0 Å². The highest BCUT2D eigenvalue weighted by molar-refractivity contribution is 7.00. The van der Waals surface area contributed by atoms with Crippen LogP contribution in [0.3, 0.4) is 0 Å². The third-order valence-electron chi connectivity index (χ3n) is 22.4. The third-order valence-corrected chi connectivity index (χ3v) is 22.4. The molecule has 510 valence electrons. The second kappa shape index (κ2) is 24.5. The predicted octanol–water partition coefficient (Wildman–Crippen LogP) is 24.9. The van der Waals surface area contributed by atoms with Crippen LogP contribution in [0.2, 0.25) is 0 Å². The smallest absolute Gasteiger partial charge is 0.252 e. The lowest BCUT2D eigenvalue weighted by Gasteiger charge is -2.46. The first-order chi connectivity index (χ1) is 50.6. The standard InChI is InChI=1S/C99H86BN5/c1-96(2,3)69-41-49-85-79(56-69)80-57-70(97(4,5)6)42-50-86(80)102(85)73-45-47-83-89(60-73)104(94-75(63-28-17-13-18-29-63)37-25-38-76(94)64-30-19-14-20-31-64)91-54-68(67-36-27-53-101-62-67)55-92-93(91)100(83)84-48-46-74(103-87-51-43-71(98(7,8)9)58-81(87)82-59-72(99(10,11)12)44-52-88(82)103)61-90(84)105(92)95-77(65-32-21-15-22-33-65)39-26-40-78(95)66-34-23-16-24-35-66/h13-62H,1-12H3. The van der Waals surface area contributed by atoms with Crippen LogP contribution in [0.15, 0.2) is 304 Å². The fraction of sp³-hybridized carbons (Fsp3) is 0.162. The number of hydrogen-bond donors (Lipinski definition) is 0. The van der Waals surface area contributed by atoms with Crippen LogP contribution in [-0.4, -0.2) is 20.8 Å². The summed E-state index contributed by atoms with van der Waals surface area (Å²) >= 11 is 0. The summed E-state index contributed by atoms with van der Waals surface area (Å²) in [6, 6.07) is 111. The minimum absolute atomic E-state index is 0.0603. The highest BCUT2D eigenvalue weighted by atomic mass is 15.2. The highest BCUT2D eigenvalue weighted by Crippen LogP contribution is 2.55. The minimum atomic E-state index is -0.268. The molecule has 13 aromatic carbocycles. The van der Waals surface area contributed by atoms with Gasteiger partial charge in [-0.1, -0.05) is 283 Å². The molecular formula is C99H86BN5. The van der Waals surface area contributed by atoms with Crippen molar-refractivity contribution in [3.8, 4) is 67.0 Å². The molecule has 0 spiro atoms. The van der Waals surface area contributed by atoms with Gasteiger partial charge in [0.2, 0.25) is 0 Å². The molecule has 0 atom stereocenters. The molecule has 0 N–H and O–H groups in total. The molecule has 6 heteroatoms. The average molecular weight is 1360 g/mol. The molecule has 0 unspecified atom stereocenters. The maximum absolute atomic E-state index is 4.92. The molecule has 16 aromatic rings. The van der Waals surface area contributed by atoms with Gasteiger partial charge in [-0.2, -0.15) is 0 Å². The summed E-state index contributed by atoms with van der Waals surface area (Å²) in [5.41, 5.74) is 33.2. The Morgan fingerprint density at radius 2 is 0.581 bits per heavy atom. The normalized spacial score (nSPS) is 13.1. The van der Waals surface area contributed by atoms with Crippen LogP contribution < -0.4 is 26.2 Å². The quantitative estimate of drug-likeness (QED) is 0.135. The van der Waals surface area contributed by atoms with E-state index in [0.29, 0.717) is 0 Å². The predicted molar refractivity (Wildman–Crippen MR) is 449 cm³/mol. The van der Waals surface area contributed by atoms with Gasteiger partial charge in [0.05, 0.1) is 33.4 Å². The number of pyridine rings is 1. The van der Waals surface area contributed by atoms with Crippen molar-refractivity contribution in [3.63, 3.8) is 0 Å². The van der Waals surface area contributed by atoms with E-state index in [9.17, 15) is 0 Å². The Kier molecular flexibility index (Phi) is 15.2. The molecule has 105 heavy (non-hydrogen) atoms. The highest BCUT2D eigenvalue weighted by Gasteiger charge is 2.46. The zero-order chi connectivity index (χ0) is 72.0. The van der Waals surface area contributed by atoms with Gasteiger partial charge in [0, 0.05) is 95.9 Å². The molecule has 0 saturated carbocycles.